The molecule has 1 aliphatic heterocycles. The lowest BCUT2D eigenvalue weighted by atomic mass is 9.77. The van der Waals surface area contributed by atoms with Gasteiger partial charge < -0.3 is 15.4 Å². The predicted molar refractivity (Wildman–Crippen MR) is 85.8 cm³/mol. The quantitative estimate of drug-likeness (QED) is 0.694. The smallest absolute Gasteiger partial charge is 0.237 e. The van der Waals surface area contributed by atoms with E-state index < -0.39 is 5.41 Å². The number of aromatic amines is 1. The van der Waals surface area contributed by atoms with E-state index in [1.54, 1.807) is 0 Å². The zero-order chi connectivity index (χ0) is 15.2. The number of aliphatic hydroxyl groups is 1. The number of rotatable bonds is 3. The Hall–Kier alpha value is -2.59. The predicted octanol–water partition coefficient (Wildman–Crippen LogP) is 2.59. The lowest BCUT2D eigenvalue weighted by Gasteiger charge is -2.24. The number of aliphatic hydroxyl groups excluding tert-OH is 1. The highest BCUT2D eigenvalue weighted by Crippen LogP contribution is 2.40. The van der Waals surface area contributed by atoms with Crippen molar-refractivity contribution in [2.24, 2.45) is 0 Å². The summed E-state index contributed by atoms with van der Waals surface area (Å²) < 4.78 is 0. The molecule has 110 valence electrons. The van der Waals surface area contributed by atoms with Gasteiger partial charge in [-0.15, -0.1) is 0 Å². The fraction of sp³-hybridized carbons (Fsp3) is 0.167. The van der Waals surface area contributed by atoms with Gasteiger partial charge in [-0.05, 0) is 29.7 Å². The lowest BCUT2D eigenvalue weighted by molar-refractivity contribution is -0.122. The number of carbonyl (C=O) groups excluding carboxylic acids is 1. The normalized spacial score (nSPS) is 20.1. The number of aromatic nitrogens is 1. The average molecular weight is 292 g/mol. The molecule has 1 aromatic heterocycles. The van der Waals surface area contributed by atoms with Crippen molar-refractivity contribution in [3.05, 3.63) is 65.9 Å². The van der Waals surface area contributed by atoms with E-state index in [9.17, 15) is 9.90 Å². The van der Waals surface area contributed by atoms with Crippen LogP contribution >= 0.6 is 0 Å². The third kappa shape index (κ3) is 1.71. The molecule has 3 aromatic rings. The highest BCUT2D eigenvalue weighted by Gasteiger charge is 2.46. The molecule has 0 saturated carbocycles. The van der Waals surface area contributed by atoms with E-state index in [2.05, 4.69) is 10.3 Å². The minimum absolute atomic E-state index is 0.138. The molecule has 4 heteroatoms. The largest absolute Gasteiger partial charge is 0.395 e. The Morgan fingerprint density at radius 2 is 1.82 bits per heavy atom. The third-order valence-corrected chi connectivity index (χ3v) is 4.56. The van der Waals surface area contributed by atoms with E-state index in [4.69, 9.17) is 0 Å². The molecule has 4 rings (SSSR count). The van der Waals surface area contributed by atoms with Crippen LogP contribution < -0.4 is 5.32 Å². The molecule has 0 radical (unpaired) electrons. The Balaban J connectivity index is 1.84. The zero-order valence-electron chi connectivity index (χ0n) is 12.0. The van der Waals surface area contributed by atoms with E-state index in [1.165, 1.54) is 0 Å². The first kappa shape index (κ1) is 13.1. The molecule has 0 unspecified atom stereocenters. The van der Waals surface area contributed by atoms with Crippen LogP contribution in [0.1, 0.15) is 11.1 Å². The van der Waals surface area contributed by atoms with Crippen LogP contribution in [-0.4, -0.2) is 22.6 Å². The Morgan fingerprint density at radius 1 is 1.05 bits per heavy atom. The number of para-hydroxylation sites is 2. The minimum atomic E-state index is -0.915. The molecule has 2 aromatic carbocycles. The summed E-state index contributed by atoms with van der Waals surface area (Å²) in [5.74, 6) is -0.138. The number of fused-ring (bicyclic) bond motifs is 2. The molecule has 1 amide bonds. The van der Waals surface area contributed by atoms with Gasteiger partial charge in [-0.1, -0.05) is 36.4 Å². The summed E-state index contributed by atoms with van der Waals surface area (Å²) in [5.41, 5.74) is 2.82. The summed E-state index contributed by atoms with van der Waals surface area (Å²) in [6.07, 6.45) is 2.40. The molecule has 0 fully saturated rings. The molecule has 0 saturated heterocycles. The Morgan fingerprint density at radius 3 is 2.68 bits per heavy atom. The number of nitrogens with one attached hydrogen (secondary N) is 2. The first-order valence-corrected chi connectivity index (χ1v) is 7.31. The van der Waals surface area contributed by atoms with Gasteiger partial charge in [0.1, 0.15) is 5.41 Å². The van der Waals surface area contributed by atoms with Crippen LogP contribution in [0.25, 0.3) is 10.9 Å². The van der Waals surface area contributed by atoms with Crippen LogP contribution in [0.5, 0.6) is 0 Å². The van der Waals surface area contributed by atoms with Gasteiger partial charge in [-0.3, -0.25) is 4.79 Å². The highest BCUT2D eigenvalue weighted by molar-refractivity contribution is 6.06. The van der Waals surface area contributed by atoms with Crippen LogP contribution in [0, 0.1) is 0 Å². The van der Waals surface area contributed by atoms with Crippen molar-refractivity contribution in [3.63, 3.8) is 0 Å². The zero-order valence-corrected chi connectivity index (χ0v) is 12.0. The number of H-pyrrole nitrogens is 1. The minimum Gasteiger partial charge on any atom is -0.395 e. The van der Waals surface area contributed by atoms with Gasteiger partial charge >= 0.3 is 0 Å². The highest BCUT2D eigenvalue weighted by atomic mass is 16.3. The number of amides is 1. The van der Waals surface area contributed by atoms with Crippen molar-refractivity contribution in [3.8, 4) is 0 Å². The second-order valence-electron chi connectivity index (χ2n) is 5.78. The fourth-order valence-electron chi connectivity index (χ4n) is 3.37. The standard InChI is InChI=1S/C18H16N2O2/c21-11-18(14-6-2-4-8-16(14)20-17(18)22)9-12-10-19-15-7-3-1-5-13(12)15/h1-8,10,19,21H,9,11H2,(H,20,22)/t18-/m1/s1. The summed E-state index contributed by atoms with van der Waals surface area (Å²) in [4.78, 5) is 15.8. The van der Waals surface area contributed by atoms with Crippen molar-refractivity contribution in [2.75, 3.05) is 11.9 Å². The maximum atomic E-state index is 12.6. The lowest BCUT2D eigenvalue weighted by Crippen LogP contribution is -2.40. The van der Waals surface area contributed by atoms with Gasteiger partial charge in [0.15, 0.2) is 0 Å². The van der Waals surface area contributed by atoms with Gasteiger partial charge in [0.25, 0.3) is 0 Å². The molecule has 4 nitrogen and oxygen atoms in total. The molecular weight excluding hydrogens is 276 g/mol. The van der Waals surface area contributed by atoms with Crippen molar-refractivity contribution >= 4 is 22.5 Å². The fourth-order valence-corrected chi connectivity index (χ4v) is 3.37. The van der Waals surface area contributed by atoms with Crippen LogP contribution in [0.3, 0.4) is 0 Å². The Bertz CT molecular complexity index is 868. The summed E-state index contributed by atoms with van der Waals surface area (Å²) in [7, 11) is 0. The summed E-state index contributed by atoms with van der Waals surface area (Å²) in [5, 5.41) is 14.0. The van der Waals surface area contributed by atoms with Crippen LogP contribution in [0.4, 0.5) is 5.69 Å². The van der Waals surface area contributed by atoms with Crippen molar-refractivity contribution in [1.29, 1.82) is 0 Å². The number of anilines is 1. The molecule has 0 bridgehead atoms. The van der Waals surface area contributed by atoms with Gasteiger partial charge in [0.2, 0.25) is 5.91 Å². The molecule has 0 aliphatic carbocycles. The summed E-state index contributed by atoms with van der Waals surface area (Å²) in [6, 6.07) is 15.6. The number of carbonyl (C=O) groups is 1. The second kappa shape index (κ2) is 4.71. The van der Waals surface area contributed by atoms with Crippen molar-refractivity contribution < 1.29 is 9.90 Å². The topological polar surface area (TPSA) is 65.1 Å². The van der Waals surface area contributed by atoms with Crippen LogP contribution in [0.2, 0.25) is 0 Å². The van der Waals surface area contributed by atoms with Crippen molar-refractivity contribution in [1.82, 2.24) is 4.98 Å². The molecular formula is C18H16N2O2. The van der Waals surface area contributed by atoms with Gasteiger partial charge in [0, 0.05) is 22.8 Å². The van der Waals surface area contributed by atoms with Gasteiger partial charge in [-0.2, -0.15) is 0 Å². The van der Waals surface area contributed by atoms with Crippen molar-refractivity contribution in [2.45, 2.75) is 11.8 Å². The molecule has 2 heterocycles. The molecule has 3 N–H and O–H groups in total. The van der Waals surface area contributed by atoms with E-state index >= 15 is 0 Å². The third-order valence-electron chi connectivity index (χ3n) is 4.56. The SMILES string of the molecule is O=C1Nc2ccccc2[C@]1(CO)Cc1c[nH]c2ccccc12. The van der Waals surface area contributed by atoms with Gasteiger partial charge in [-0.25, -0.2) is 0 Å². The number of benzene rings is 2. The molecule has 1 aliphatic rings. The molecule has 22 heavy (non-hydrogen) atoms. The monoisotopic (exact) mass is 292 g/mol. The number of hydrogen-bond acceptors (Lipinski definition) is 2. The molecule has 1 atom stereocenters. The Kier molecular flexibility index (Phi) is 2.81. The van der Waals surface area contributed by atoms with Gasteiger partial charge in [0.05, 0.1) is 6.61 Å². The van der Waals surface area contributed by atoms with E-state index in [0.717, 1.165) is 27.7 Å². The Labute approximate surface area is 127 Å². The first-order chi connectivity index (χ1) is 10.7. The van der Waals surface area contributed by atoms with Crippen LogP contribution in [0.15, 0.2) is 54.7 Å². The first-order valence-electron chi connectivity index (χ1n) is 7.31. The van der Waals surface area contributed by atoms with E-state index in [-0.39, 0.29) is 12.5 Å². The maximum absolute atomic E-state index is 12.6. The summed E-state index contributed by atoms with van der Waals surface area (Å²) in [6.45, 7) is -0.213. The summed E-state index contributed by atoms with van der Waals surface area (Å²) >= 11 is 0. The van der Waals surface area contributed by atoms with E-state index in [0.29, 0.717) is 6.42 Å². The van der Waals surface area contributed by atoms with E-state index in [1.807, 2.05) is 54.7 Å². The average Bonchev–Trinajstić information content (AvgIpc) is 3.08. The van der Waals surface area contributed by atoms with Crippen LogP contribution in [-0.2, 0) is 16.6 Å². The molecule has 0 spiro atoms. The maximum Gasteiger partial charge on any atom is 0.237 e. The number of hydrogen-bond donors (Lipinski definition) is 3. The second-order valence-corrected chi connectivity index (χ2v) is 5.78.